The van der Waals surface area contributed by atoms with E-state index in [1.165, 1.54) is 6.07 Å². The highest BCUT2D eigenvalue weighted by Gasteiger charge is 2.10. The summed E-state index contributed by atoms with van der Waals surface area (Å²) in [6.07, 6.45) is 0.742. The first kappa shape index (κ1) is 14.7. The number of benzene rings is 2. The molecule has 0 aromatic heterocycles. The van der Waals surface area contributed by atoms with Crippen LogP contribution in [0.2, 0.25) is 5.02 Å². The van der Waals surface area contributed by atoms with Crippen LogP contribution in [0.5, 0.6) is 5.75 Å². The van der Waals surface area contributed by atoms with E-state index in [0.29, 0.717) is 10.7 Å². The molecule has 2 rings (SSSR count). The van der Waals surface area contributed by atoms with Crippen molar-refractivity contribution in [3.05, 3.63) is 58.9 Å². The molecule has 0 saturated carbocycles. The van der Waals surface area contributed by atoms with Crippen molar-refractivity contribution in [1.82, 2.24) is 0 Å². The van der Waals surface area contributed by atoms with Crippen molar-refractivity contribution in [3.8, 4) is 5.75 Å². The molecular weight excluding hydrogens is 277 g/mol. The minimum Gasteiger partial charge on any atom is -0.496 e. The van der Waals surface area contributed by atoms with E-state index in [4.69, 9.17) is 16.3 Å². The predicted molar refractivity (Wildman–Crippen MR) is 81.2 cm³/mol. The average Bonchev–Trinajstić information content (AvgIpc) is 2.42. The lowest BCUT2D eigenvalue weighted by molar-refractivity contribution is 0.409. The summed E-state index contributed by atoms with van der Waals surface area (Å²) in [4.78, 5) is 0. The maximum absolute atomic E-state index is 13.7. The Balaban J connectivity index is 2.07. The topological polar surface area (TPSA) is 21.3 Å². The number of nitrogens with one attached hydrogen (secondary N) is 1. The van der Waals surface area contributed by atoms with Crippen molar-refractivity contribution in [3.63, 3.8) is 0 Å². The maximum atomic E-state index is 13.7. The van der Waals surface area contributed by atoms with E-state index in [2.05, 4.69) is 5.32 Å². The molecule has 0 amide bonds. The molecule has 0 saturated heterocycles. The molecule has 1 N–H and O–H groups in total. The molecule has 0 heterocycles. The lowest BCUT2D eigenvalue weighted by Gasteiger charge is -2.17. The van der Waals surface area contributed by atoms with Crippen LogP contribution in [0.4, 0.5) is 10.1 Å². The van der Waals surface area contributed by atoms with Gasteiger partial charge in [-0.15, -0.1) is 0 Å². The smallest absolute Gasteiger partial charge is 0.147 e. The van der Waals surface area contributed by atoms with Gasteiger partial charge in [-0.2, -0.15) is 0 Å². The van der Waals surface area contributed by atoms with Crippen LogP contribution >= 0.6 is 11.6 Å². The van der Waals surface area contributed by atoms with Crippen LogP contribution in [0, 0.1) is 5.82 Å². The molecule has 0 radical (unpaired) electrons. The minimum absolute atomic E-state index is 0.0713. The van der Waals surface area contributed by atoms with E-state index in [1.807, 2.05) is 31.2 Å². The molecule has 0 aliphatic carbocycles. The third kappa shape index (κ3) is 3.64. The second-order valence-electron chi connectivity index (χ2n) is 4.69. The zero-order chi connectivity index (χ0) is 14.5. The zero-order valence-corrected chi connectivity index (χ0v) is 12.2. The van der Waals surface area contributed by atoms with Gasteiger partial charge in [0, 0.05) is 11.1 Å². The Bertz CT molecular complexity index is 588. The van der Waals surface area contributed by atoms with E-state index < -0.39 is 0 Å². The fraction of sp³-hybridized carbons (Fsp3) is 0.250. The fourth-order valence-electron chi connectivity index (χ4n) is 2.12. The van der Waals surface area contributed by atoms with Crippen LogP contribution in [-0.4, -0.2) is 13.2 Å². The number of hydrogen-bond donors (Lipinski definition) is 1. The van der Waals surface area contributed by atoms with Gasteiger partial charge in [0.1, 0.15) is 11.6 Å². The summed E-state index contributed by atoms with van der Waals surface area (Å²) in [7, 11) is 1.65. The molecule has 1 unspecified atom stereocenters. The molecule has 0 aliphatic heterocycles. The van der Waals surface area contributed by atoms with Gasteiger partial charge in [0.15, 0.2) is 0 Å². The van der Waals surface area contributed by atoms with Crippen molar-refractivity contribution in [2.75, 3.05) is 12.4 Å². The van der Waals surface area contributed by atoms with Gasteiger partial charge in [0.05, 0.1) is 12.8 Å². The summed E-state index contributed by atoms with van der Waals surface area (Å²) in [5.41, 5.74) is 1.54. The Morgan fingerprint density at radius 1 is 1.25 bits per heavy atom. The molecule has 1 atom stereocenters. The van der Waals surface area contributed by atoms with Crippen LogP contribution in [0.3, 0.4) is 0 Å². The summed E-state index contributed by atoms with van der Waals surface area (Å²) in [5, 5.41) is 3.54. The molecule has 2 nitrogen and oxygen atoms in total. The zero-order valence-electron chi connectivity index (χ0n) is 11.5. The van der Waals surface area contributed by atoms with Gasteiger partial charge >= 0.3 is 0 Å². The van der Waals surface area contributed by atoms with Gasteiger partial charge in [-0.1, -0.05) is 29.8 Å². The van der Waals surface area contributed by atoms with Crippen LogP contribution < -0.4 is 10.1 Å². The summed E-state index contributed by atoms with van der Waals surface area (Å²) >= 11 is 5.74. The minimum atomic E-state index is -0.343. The summed E-state index contributed by atoms with van der Waals surface area (Å²) in [6.45, 7) is 2.00. The standard InChI is InChI=1S/C16H17ClFNO/c1-11(9-12-5-3-4-6-16(12)20-2)19-15-8-7-13(17)10-14(15)18/h3-8,10-11,19H,9H2,1-2H3. The lowest BCUT2D eigenvalue weighted by atomic mass is 10.1. The molecule has 0 fully saturated rings. The van der Waals surface area contributed by atoms with Crippen molar-refractivity contribution in [2.24, 2.45) is 0 Å². The predicted octanol–water partition coefficient (Wildman–Crippen LogP) is 4.53. The quantitative estimate of drug-likeness (QED) is 0.874. The SMILES string of the molecule is COc1ccccc1CC(C)Nc1ccc(Cl)cc1F. The number of ether oxygens (including phenoxy) is 1. The summed E-state index contributed by atoms with van der Waals surface area (Å²) in [6, 6.07) is 12.5. The normalized spacial score (nSPS) is 12.0. The second kappa shape index (κ2) is 6.62. The molecule has 0 bridgehead atoms. The van der Waals surface area contributed by atoms with E-state index >= 15 is 0 Å². The van der Waals surface area contributed by atoms with Crippen molar-refractivity contribution < 1.29 is 9.13 Å². The Kier molecular flexibility index (Phi) is 4.85. The Hall–Kier alpha value is -1.74. The van der Waals surface area contributed by atoms with Gasteiger partial charge in [0.2, 0.25) is 0 Å². The third-order valence-electron chi connectivity index (χ3n) is 3.05. The lowest BCUT2D eigenvalue weighted by Crippen LogP contribution is -2.19. The number of halogens is 2. The van der Waals surface area contributed by atoms with E-state index in [1.54, 1.807) is 19.2 Å². The third-order valence-corrected chi connectivity index (χ3v) is 3.29. The van der Waals surface area contributed by atoms with Gasteiger partial charge in [-0.3, -0.25) is 0 Å². The molecular formula is C16H17ClFNO. The van der Waals surface area contributed by atoms with Gasteiger partial charge in [-0.25, -0.2) is 4.39 Å². The van der Waals surface area contributed by atoms with Gasteiger partial charge in [-0.05, 0) is 43.2 Å². The fourth-order valence-corrected chi connectivity index (χ4v) is 2.28. The number of methoxy groups -OCH3 is 1. The van der Waals surface area contributed by atoms with Crippen molar-refractivity contribution >= 4 is 17.3 Å². The van der Waals surface area contributed by atoms with Crippen molar-refractivity contribution in [2.45, 2.75) is 19.4 Å². The highest BCUT2D eigenvalue weighted by atomic mass is 35.5. The first-order valence-corrected chi connectivity index (χ1v) is 6.81. The summed E-state index contributed by atoms with van der Waals surface area (Å²) in [5.74, 6) is 0.502. The van der Waals surface area contributed by atoms with Gasteiger partial charge in [0.25, 0.3) is 0 Å². The van der Waals surface area contributed by atoms with Crippen molar-refractivity contribution in [1.29, 1.82) is 0 Å². The second-order valence-corrected chi connectivity index (χ2v) is 5.12. The Morgan fingerprint density at radius 2 is 2.00 bits per heavy atom. The molecule has 4 heteroatoms. The number of para-hydroxylation sites is 1. The number of hydrogen-bond acceptors (Lipinski definition) is 2. The Labute approximate surface area is 123 Å². The Morgan fingerprint density at radius 3 is 2.70 bits per heavy atom. The first-order valence-electron chi connectivity index (χ1n) is 6.43. The monoisotopic (exact) mass is 293 g/mol. The number of anilines is 1. The van der Waals surface area contributed by atoms with E-state index in [9.17, 15) is 4.39 Å². The molecule has 0 aliphatic rings. The molecule has 2 aromatic rings. The van der Waals surface area contributed by atoms with Crippen LogP contribution in [0.25, 0.3) is 0 Å². The highest BCUT2D eigenvalue weighted by Crippen LogP contribution is 2.22. The molecule has 2 aromatic carbocycles. The average molecular weight is 294 g/mol. The molecule has 106 valence electrons. The largest absolute Gasteiger partial charge is 0.496 e. The van der Waals surface area contributed by atoms with E-state index in [-0.39, 0.29) is 11.9 Å². The van der Waals surface area contributed by atoms with Gasteiger partial charge < -0.3 is 10.1 Å². The first-order chi connectivity index (χ1) is 9.60. The molecule has 0 spiro atoms. The summed E-state index contributed by atoms with van der Waals surface area (Å²) < 4.78 is 19.0. The van der Waals surface area contributed by atoms with Crippen LogP contribution in [-0.2, 0) is 6.42 Å². The maximum Gasteiger partial charge on any atom is 0.147 e. The number of rotatable bonds is 5. The highest BCUT2D eigenvalue weighted by molar-refractivity contribution is 6.30. The molecule has 20 heavy (non-hydrogen) atoms. The van der Waals surface area contributed by atoms with Crippen LogP contribution in [0.1, 0.15) is 12.5 Å². The van der Waals surface area contributed by atoms with E-state index in [0.717, 1.165) is 17.7 Å². The van der Waals surface area contributed by atoms with Crippen LogP contribution in [0.15, 0.2) is 42.5 Å².